The molecular formula is C13H12F3N3O3. The molecule has 0 saturated carbocycles. The van der Waals surface area contributed by atoms with E-state index in [2.05, 4.69) is 19.9 Å². The van der Waals surface area contributed by atoms with Crippen molar-refractivity contribution in [2.75, 3.05) is 11.9 Å². The van der Waals surface area contributed by atoms with Crippen LogP contribution in [0.25, 0.3) is 0 Å². The molecule has 0 saturated heterocycles. The van der Waals surface area contributed by atoms with E-state index in [1.54, 1.807) is 12.1 Å². The average Bonchev–Trinajstić information content (AvgIpc) is 2.93. The number of para-hydroxylation sites is 1. The number of halogens is 3. The molecule has 6 nitrogen and oxygen atoms in total. The lowest BCUT2D eigenvalue weighted by Gasteiger charge is -2.05. The van der Waals surface area contributed by atoms with Gasteiger partial charge >= 0.3 is 18.1 Å². The van der Waals surface area contributed by atoms with Crippen molar-refractivity contribution >= 4 is 11.9 Å². The molecule has 1 aromatic heterocycles. The summed E-state index contributed by atoms with van der Waals surface area (Å²) >= 11 is 0. The van der Waals surface area contributed by atoms with Crippen LogP contribution in [0.4, 0.5) is 19.2 Å². The van der Waals surface area contributed by atoms with Crippen LogP contribution in [0.15, 0.2) is 34.7 Å². The fraction of sp³-hybridized carbons (Fsp3) is 0.308. The second kappa shape index (κ2) is 6.92. The lowest BCUT2D eigenvalue weighted by Crippen LogP contribution is -2.13. The summed E-state index contributed by atoms with van der Waals surface area (Å²) in [5, 5.41) is 7.99. The quantitative estimate of drug-likeness (QED) is 0.829. The Morgan fingerprint density at radius 1 is 1.23 bits per heavy atom. The molecule has 0 fully saturated rings. The second-order valence-electron chi connectivity index (χ2n) is 4.22. The molecule has 0 aliphatic rings. The van der Waals surface area contributed by atoms with E-state index in [0.717, 1.165) is 0 Å². The molecule has 9 heteroatoms. The van der Waals surface area contributed by atoms with Crippen LogP contribution in [0.5, 0.6) is 5.75 Å². The van der Waals surface area contributed by atoms with Crippen molar-refractivity contribution in [2.45, 2.75) is 19.0 Å². The molecule has 1 N–H and O–H groups in total. The molecule has 22 heavy (non-hydrogen) atoms. The van der Waals surface area contributed by atoms with Crippen molar-refractivity contribution in [1.82, 2.24) is 10.2 Å². The Bertz CT molecular complexity index is 614. The second-order valence-corrected chi connectivity index (χ2v) is 4.22. The lowest BCUT2D eigenvalue weighted by atomic mass is 10.3. The summed E-state index contributed by atoms with van der Waals surface area (Å²) in [5.74, 6) is -1.36. The molecule has 0 atom stereocenters. The lowest BCUT2D eigenvalue weighted by molar-refractivity contribution is -0.157. The summed E-state index contributed by atoms with van der Waals surface area (Å²) < 4.78 is 46.3. The van der Waals surface area contributed by atoms with Crippen molar-refractivity contribution in [3.8, 4) is 5.75 Å². The molecule has 0 aliphatic carbocycles. The molecule has 2 rings (SSSR count). The van der Waals surface area contributed by atoms with Crippen LogP contribution in [0.1, 0.15) is 18.7 Å². The number of carbonyl (C=O) groups is 1. The van der Waals surface area contributed by atoms with Gasteiger partial charge in [-0.15, -0.1) is 5.10 Å². The van der Waals surface area contributed by atoms with Crippen LogP contribution >= 0.6 is 0 Å². The van der Waals surface area contributed by atoms with E-state index in [-0.39, 0.29) is 6.42 Å². The predicted octanol–water partition coefficient (Wildman–Crippen LogP) is 2.89. The van der Waals surface area contributed by atoms with E-state index in [4.69, 9.17) is 4.74 Å². The fourth-order valence-corrected chi connectivity index (χ4v) is 1.51. The first-order chi connectivity index (χ1) is 10.4. The van der Waals surface area contributed by atoms with Crippen molar-refractivity contribution in [3.63, 3.8) is 0 Å². The largest absolute Gasteiger partial charge is 0.494 e. The highest BCUT2D eigenvalue weighted by Gasteiger charge is 2.38. The Morgan fingerprint density at radius 3 is 2.59 bits per heavy atom. The first kappa shape index (κ1) is 15.8. The van der Waals surface area contributed by atoms with Gasteiger partial charge < -0.3 is 9.15 Å². The fourth-order valence-electron chi connectivity index (χ4n) is 1.51. The number of amides is 1. The summed E-state index contributed by atoms with van der Waals surface area (Å²) in [6, 6.07) is 8.45. The maximum atomic E-state index is 12.2. The van der Waals surface area contributed by atoms with E-state index in [1.807, 2.05) is 18.2 Å². The number of hydrogen-bond acceptors (Lipinski definition) is 5. The summed E-state index contributed by atoms with van der Waals surface area (Å²) in [6.45, 7) is 0.301. The van der Waals surface area contributed by atoms with Gasteiger partial charge in [0.05, 0.1) is 6.61 Å². The van der Waals surface area contributed by atoms with Crippen LogP contribution in [-0.2, 0) is 11.0 Å². The van der Waals surface area contributed by atoms with Crippen molar-refractivity contribution in [2.24, 2.45) is 0 Å². The van der Waals surface area contributed by atoms with E-state index in [9.17, 15) is 18.0 Å². The average molecular weight is 315 g/mol. The molecule has 0 spiro atoms. The summed E-state index contributed by atoms with van der Waals surface area (Å²) in [5.41, 5.74) is 0. The number of hydrogen-bond donors (Lipinski definition) is 1. The molecule has 1 amide bonds. The number of ether oxygens (including phenoxy) is 1. The van der Waals surface area contributed by atoms with E-state index >= 15 is 0 Å². The van der Waals surface area contributed by atoms with Crippen LogP contribution in [0.2, 0.25) is 0 Å². The van der Waals surface area contributed by atoms with E-state index in [1.165, 1.54) is 0 Å². The van der Waals surface area contributed by atoms with Gasteiger partial charge in [-0.2, -0.15) is 13.2 Å². The SMILES string of the molecule is O=C(CCCOc1ccccc1)Nc1nnc(C(F)(F)F)o1. The Kier molecular flexibility index (Phi) is 4.97. The van der Waals surface area contributed by atoms with Gasteiger partial charge in [0, 0.05) is 6.42 Å². The zero-order chi connectivity index (χ0) is 16.0. The third-order valence-corrected chi connectivity index (χ3v) is 2.47. The standard InChI is InChI=1S/C13H12F3N3O3/c14-13(15,16)11-18-19-12(22-11)17-10(20)7-4-8-21-9-5-2-1-3-6-9/h1-3,5-6H,4,7-8H2,(H,17,19,20). The third-order valence-electron chi connectivity index (χ3n) is 2.47. The van der Waals surface area contributed by atoms with Gasteiger partial charge in [0.1, 0.15) is 5.75 Å². The third kappa shape index (κ3) is 4.76. The highest BCUT2D eigenvalue weighted by molar-refractivity contribution is 5.88. The maximum absolute atomic E-state index is 12.2. The maximum Gasteiger partial charge on any atom is 0.470 e. The number of benzene rings is 1. The minimum atomic E-state index is -4.74. The molecule has 118 valence electrons. The number of alkyl halides is 3. The Labute approximate surface area is 123 Å². The summed E-state index contributed by atoms with van der Waals surface area (Å²) in [4.78, 5) is 11.5. The predicted molar refractivity (Wildman–Crippen MR) is 69.1 cm³/mol. The first-order valence-corrected chi connectivity index (χ1v) is 6.33. The molecule has 2 aromatic rings. The number of rotatable bonds is 6. The molecule has 0 radical (unpaired) electrons. The van der Waals surface area contributed by atoms with E-state index < -0.39 is 24.0 Å². The van der Waals surface area contributed by atoms with Crippen molar-refractivity contribution < 1.29 is 27.1 Å². The van der Waals surface area contributed by atoms with Gasteiger partial charge in [-0.25, -0.2) is 0 Å². The van der Waals surface area contributed by atoms with Gasteiger partial charge in [0.2, 0.25) is 5.91 Å². The van der Waals surface area contributed by atoms with Crippen LogP contribution in [0, 0.1) is 0 Å². The van der Waals surface area contributed by atoms with Gasteiger partial charge in [-0.3, -0.25) is 10.1 Å². The van der Waals surface area contributed by atoms with E-state index in [0.29, 0.717) is 18.8 Å². The van der Waals surface area contributed by atoms with Crippen molar-refractivity contribution in [3.05, 3.63) is 36.2 Å². The Hall–Kier alpha value is -2.58. The van der Waals surface area contributed by atoms with Gasteiger partial charge in [-0.1, -0.05) is 23.3 Å². The zero-order valence-corrected chi connectivity index (χ0v) is 11.3. The first-order valence-electron chi connectivity index (χ1n) is 6.33. The zero-order valence-electron chi connectivity index (χ0n) is 11.3. The minimum absolute atomic E-state index is 0.0521. The molecule has 1 heterocycles. The number of nitrogens with zero attached hydrogens (tertiary/aromatic N) is 2. The topological polar surface area (TPSA) is 77.2 Å². The normalized spacial score (nSPS) is 11.2. The molecule has 1 aromatic carbocycles. The van der Waals surface area contributed by atoms with Gasteiger partial charge in [-0.05, 0) is 18.6 Å². The molecule has 0 aliphatic heterocycles. The molecular weight excluding hydrogens is 303 g/mol. The van der Waals surface area contributed by atoms with Gasteiger partial charge in [0.15, 0.2) is 0 Å². The van der Waals surface area contributed by atoms with Gasteiger partial charge in [0.25, 0.3) is 0 Å². The highest BCUT2D eigenvalue weighted by atomic mass is 19.4. The smallest absolute Gasteiger partial charge is 0.470 e. The number of aromatic nitrogens is 2. The Morgan fingerprint density at radius 2 is 1.95 bits per heavy atom. The number of carbonyl (C=O) groups excluding carboxylic acids is 1. The summed E-state index contributed by atoms with van der Waals surface area (Å²) in [7, 11) is 0. The van der Waals surface area contributed by atoms with Crippen LogP contribution < -0.4 is 10.1 Å². The minimum Gasteiger partial charge on any atom is -0.494 e. The summed E-state index contributed by atoms with van der Waals surface area (Å²) in [6.07, 6.45) is -4.29. The monoisotopic (exact) mass is 315 g/mol. The molecule has 0 bridgehead atoms. The van der Waals surface area contributed by atoms with Crippen molar-refractivity contribution in [1.29, 1.82) is 0 Å². The molecule has 0 unspecified atom stereocenters. The number of nitrogens with one attached hydrogen (secondary N) is 1. The highest BCUT2D eigenvalue weighted by Crippen LogP contribution is 2.28. The van der Waals surface area contributed by atoms with Crippen LogP contribution in [-0.4, -0.2) is 22.7 Å². The number of anilines is 1. The Balaban J connectivity index is 1.71. The van der Waals surface area contributed by atoms with Crippen LogP contribution in [0.3, 0.4) is 0 Å².